The van der Waals surface area contributed by atoms with Gasteiger partial charge in [0.15, 0.2) is 0 Å². The second-order valence-electron chi connectivity index (χ2n) is 4.87. The van der Waals surface area contributed by atoms with Crippen LogP contribution in [0.25, 0.3) is 11.0 Å². The standard InChI is InChI=1S/C16H17N3O2/c1-2-9-21-14-6-4-3-5-12(14)10-19-11-18-13-7-8-17-15(13)16(19)20/h3-8,11,17H,2,9-10H2,1H3. The van der Waals surface area contributed by atoms with Crippen LogP contribution in [-0.4, -0.2) is 21.1 Å². The molecule has 2 aromatic heterocycles. The SMILES string of the molecule is CCCOc1ccccc1Cn1cnc2cc[nH]c2c1=O. The highest BCUT2D eigenvalue weighted by Crippen LogP contribution is 2.19. The number of fused-ring (bicyclic) bond motifs is 1. The van der Waals surface area contributed by atoms with Gasteiger partial charge in [-0.1, -0.05) is 25.1 Å². The van der Waals surface area contributed by atoms with E-state index in [-0.39, 0.29) is 5.56 Å². The Kier molecular flexibility index (Phi) is 3.73. The summed E-state index contributed by atoms with van der Waals surface area (Å²) in [6.45, 7) is 3.18. The summed E-state index contributed by atoms with van der Waals surface area (Å²) in [6, 6.07) is 9.57. The molecule has 5 heteroatoms. The quantitative estimate of drug-likeness (QED) is 0.783. The van der Waals surface area contributed by atoms with Crippen LogP contribution in [0.3, 0.4) is 0 Å². The van der Waals surface area contributed by atoms with Crippen molar-refractivity contribution >= 4 is 11.0 Å². The maximum atomic E-state index is 12.4. The Morgan fingerprint density at radius 2 is 2.14 bits per heavy atom. The van der Waals surface area contributed by atoms with Crippen molar-refractivity contribution in [2.75, 3.05) is 6.61 Å². The maximum absolute atomic E-state index is 12.4. The molecule has 0 aliphatic rings. The predicted octanol–water partition coefficient (Wildman–Crippen LogP) is 2.56. The topological polar surface area (TPSA) is 59.9 Å². The first-order chi connectivity index (χ1) is 10.3. The van der Waals surface area contributed by atoms with Crippen molar-refractivity contribution in [2.45, 2.75) is 19.9 Å². The highest BCUT2D eigenvalue weighted by Gasteiger charge is 2.08. The number of aromatic nitrogens is 3. The van der Waals surface area contributed by atoms with Crippen LogP contribution in [0, 0.1) is 0 Å². The molecule has 5 nitrogen and oxygen atoms in total. The van der Waals surface area contributed by atoms with E-state index < -0.39 is 0 Å². The third kappa shape index (κ3) is 2.67. The number of rotatable bonds is 5. The van der Waals surface area contributed by atoms with E-state index in [1.807, 2.05) is 24.3 Å². The third-order valence-corrected chi connectivity index (χ3v) is 3.31. The van der Waals surface area contributed by atoms with Crippen LogP contribution in [0.4, 0.5) is 0 Å². The molecular formula is C16H17N3O2. The number of benzene rings is 1. The molecular weight excluding hydrogens is 266 g/mol. The minimum absolute atomic E-state index is 0.0738. The summed E-state index contributed by atoms with van der Waals surface area (Å²) < 4.78 is 7.32. The van der Waals surface area contributed by atoms with Gasteiger partial charge in [-0.3, -0.25) is 9.36 Å². The molecule has 0 fully saturated rings. The Labute approximate surface area is 122 Å². The highest BCUT2D eigenvalue weighted by atomic mass is 16.5. The largest absolute Gasteiger partial charge is 0.493 e. The van der Waals surface area contributed by atoms with Gasteiger partial charge in [-0.05, 0) is 18.6 Å². The van der Waals surface area contributed by atoms with Gasteiger partial charge in [0.05, 0.1) is 25.0 Å². The molecule has 0 spiro atoms. The maximum Gasteiger partial charge on any atom is 0.277 e. The number of ether oxygens (including phenoxy) is 1. The van der Waals surface area contributed by atoms with Crippen LogP contribution in [-0.2, 0) is 6.54 Å². The molecule has 1 aromatic carbocycles. The fraction of sp³-hybridized carbons (Fsp3) is 0.250. The van der Waals surface area contributed by atoms with Gasteiger partial charge in [-0.15, -0.1) is 0 Å². The Morgan fingerprint density at radius 1 is 1.29 bits per heavy atom. The lowest BCUT2D eigenvalue weighted by atomic mass is 10.2. The Bertz CT molecular complexity index is 804. The van der Waals surface area contributed by atoms with Gasteiger partial charge < -0.3 is 9.72 Å². The van der Waals surface area contributed by atoms with E-state index >= 15 is 0 Å². The van der Waals surface area contributed by atoms with Gasteiger partial charge in [-0.2, -0.15) is 0 Å². The first-order valence-electron chi connectivity index (χ1n) is 7.03. The molecule has 3 rings (SSSR count). The molecule has 0 unspecified atom stereocenters. The number of hydrogen-bond donors (Lipinski definition) is 1. The number of H-pyrrole nitrogens is 1. The highest BCUT2D eigenvalue weighted by molar-refractivity contribution is 5.73. The molecule has 0 aliphatic carbocycles. The molecule has 0 bridgehead atoms. The van der Waals surface area contributed by atoms with Crippen molar-refractivity contribution in [3.63, 3.8) is 0 Å². The second-order valence-corrected chi connectivity index (χ2v) is 4.87. The van der Waals surface area contributed by atoms with Crippen molar-refractivity contribution in [3.05, 3.63) is 58.8 Å². The van der Waals surface area contributed by atoms with Crippen molar-refractivity contribution in [1.29, 1.82) is 0 Å². The lowest BCUT2D eigenvalue weighted by molar-refractivity contribution is 0.313. The molecule has 21 heavy (non-hydrogen) atoms. The molecule has 0 aliphatic heterocycles. The number of nitrogens with zero attached hydrogens (tertiary/aromatic N) is 2. The second kappa shape index (κ2) is 5.83. The lowest BCUT2D eigenvalue weighted by Gasteiger charge is -2.11. The zero-order chi connectivity index (χ0) is 14.7. The zero-order valence-corrected chi connectivity index (χ0v) is 11.9. The third-order valence-electron chi connectivity index (χ3n) is 3.31. The van der Waals surface area contributed by atoms with Crippen LogP contribution < -0.4 is 10.3 Å². The molecule has 2 heterocycles. The molecule has 0 amide bonds. The number of hydrogen-bond acceptors (Lipinski definition) is 3. The summed E-state index contributed by atoms with van der Waals surface area (Å²) in [5.74, 6) is 0.817. The van der Waals surface area contributed by atoms with Gasteiger partial charge in [0.25, 0.3) is 5.56 Å². The van der Waals surface area contributed by atoms with E-state index in [1.165, 1.54) is 0 Å². The molecule has 0 atom stereocenters. The lowest BCUT2D eigenvalue weighted by Crippen LogP contribution is -2.21. The van der Waals surface area contributed by atoms with Crippen molar-refractivity contribution in [1.82, 2.24) is 14.5 Å². The first-order valence-corrected chi connectivity index (χ1v) is 7.03. The predicted molar refractivity (Wildman–Crippen MR) is 81.7 cm³/mol. The van der Waals surface area contributed by atoms with Crippen LogP contribution in [0.2, 0.25) is 0 Å². The fourth-order valence-corrected chi connectivity index (χ4v) is 2.25. The van der Waals surface area contributed by atoms with E-state index in [0.717, 1.165) is 17.7 Å². The molecule has 0 saturated carbocycles. The molecule has 0 radical (unpaired) electrons. The van der Waals surface area contributed by atoms with E-state index in [0.29, 0.717) is 24.2 Å². The van der Waals surface area contributed by atoms with Gasteiger partial charge in [-0.25, -0.2) is 4.98 Å². The smallest absolute Gasteiger partial charge is 0.277 e. The molecule has 0 saturated heterocycles. The van der Waals surface area contributed by atoms with E-state index in [9.17, 15) is 4.79 Å². The monoisotopic (exact) mass is 283 g/mol. The summed E-state index contributed by atoms with van der Waals surface area (Å²) in [5.41, 5.74) is 2.12. The number of aromatic amines is 1. The van der Waals surface area contributed by atoms with Crippen LogP contribution >= 0.6 is 0 Å². The minimum atomic E-state index is -0.0738. The fourth-order valence-electron chi connectivity index (χ4n) is 2.25. The van der Waals surface area contributed by atoms with Gasteiger partial charge in [0.2, 0.25) is 0 Å². The summed E-state index contributed by atoms with van der Waals surface area (Å²) in [7, 11) is 0. The Balaban J connectivity index is 1.95. The number of para-hydroxylation sites is 1. The summed E-state index contributed by atoms with van der Waals surface area (Å²) in [4.78, 5) is 19.6. The summed E-state index contributed by atoms with van der Waals surface area (Å²) in [6.07, 6.45) is 4.25. The van der Waals surface area contributed by atoms with Gasteiger partial charge in [0.1, 0.15) is 11.3 Å². The van der Waals surface area contributed by atoms with Crippen molar-refractivity contribution in [3.8, 4) is 5.75 Å². The van der Waals surface area contributed by atoms with Crippen LogP contribution in [0.15, 0.2) is 47.7 Å². The van der Waals surface area contributed by atoms with Crippen molar-refractivity contribution < 1.29 is 4.74 Å². The first kappa shape index (κ1) is 13.4. The van der Waals surface area contributed by atoms with Gasteiger partial charge >= 0.3 is 0 Å². The summed E-state index contributed by atoms with van der Waals surface area (Å²) in [5, 5.41) is 0. The Morgan fingerprint density at radius 3 is 3.00 bits per heavy atom. The minimum Gasteiger partial charge on any atom is -0.493 e. The Hall–Kier alpha value is -2.56. The van der Waals surface area contributed by atoms with Crippen molar-refractivity contribution in [2.24, 2.45) is 0 Å². The number of nitrogens with one attached hydrogen (secondary N) is 1. The average Bonchev–Trinajstić information content (AvgIpc) is 2.98. The van der Waals surface area contributed by atoms with Gasteiger partial charge in [0, 0.05) is 11.8 Å². The molecule has 3 aromatic rings. The van der Waals surface area contributed by atoms with Crippen LogP contribution in [0.1, 0.15) is 18.9 Å². The van der Waals surface area contributed by atoms with E-state index in [2.05, 4.69) is 16.9 Å². The average molecular weight is 283 g/mol. The normalized spacial score (nSPS) is 10.9. The zero-order valence-electron chi connectivity index (χ0n) is 11.9. The summed E-state index contributed by atoms with van der Waals surface area (Å²) >= 11 is 0. The molecule has 108 valence electrons. The van der Waals surface area contributed by atoms with E-state index in [4.69, 9.17) is 4.74 Å². The van der Waals surface area contributed by atoms with Crippen LogP contribution in [0.5, 0.6) is 5.75 Å². The van der Waals surface area contributed by atoms with E-state index in [1.54, 1.807) is 23.2 Å². The molecule has 1 N–H and O–H groups in total.